The number of nitrogens with zero attached hydrogens (tertiary/aromatic N) is 1. The van der Waals surface area contributed by atoms with Gasteiger partial charge < -0.3 is 10.4 Å². The summed E-state index contributed by atoms with van der Waals surface area (Å²) in [5, 5.41) is 14.2. The highest BCUT2D eigenvalue weighted by Crippen LogP contribution is 2.18. The van der Waals surface area contributed by atoms with Crippen molar-refractivity contribution in [3.8, 4) is 0 Å². The molecule has 0 bridgehead atoms. The van der Waals surface area contributed by atoms with E-state index >= 15 is 0 Å². The van der Waals surface area contributed by atoms with Gasteiger partial charge >= 0.3 is 0 Å². The Morgan fingerprint density at radius 2 is 1.71 bits per heavy atom. The molecule has 0 saturated heterocycles. The average Bonchev–Trinajstić information content (AvgIpc) is 2.56. The Morgan fingerprint density at radius 1 is 0.952 bits per heavy atom. The smallest absolute Gasteiger partial charge is 0.0705 e. The van der Waals surface area contributed by atoms with Crippen molar-refractivity contribution < 1.29 is 5.11 Å². The van der Waals surface area contributed by atoms with Gasteiger partial charge in [-0.15, -0.1) is 0 Å². The van der Waals surface area contributed by atoms with Crippen molar-refractivity contribution in [3.05, 3.63) is 78.0 Å². The van der Waals surface area contributed by atoms with Crippen molar-refractivity contribution >= 4 is 10.9 Å². The summed E-state index contributed by atoms with van der Waals surface area (Å²) >= 11 is 0. The maximum Gasteiger partial charge on any atom is 0.0705 e. The minimum atomic E-state index is -0.0573. The van der Waals surface area contributed by atoms with Gasteiger partial charge in [0.1, 0.15) is 0 Å². The Bertz CT molecular complexity index is 707. The molecule has 0 fully saturated rings. The largest absolute Gasteiger partial charge is 0.394 e. The number of rotatable bonds is 5. The standard InChI is InChI=1S/C18H18N2O/c21-13-18(14-6-2-1-3-7-14)20-12-15-10-11-19-17-9-5-4-8-16(15)17/h1-11,18,20-21H,12-13H2. The molecule has 0 amide bonds. The molecule has 21 heavy (non-hydrogen) atoms. The normalized spacial score (nSPS) is 12.4. The van der Waals surface area contributed by atoms with Gasteiger partial charge in [0, 0.05) is 18.1 Å². The average molecular weight is 278 g/mol. The predicted molar refractivity (Wildman–Crippen MR) is 84.9 cm³/mol. The summed E-state index contributed by atoms with van der Waals surface area (Å²) in [5.74, 6) is 0. The zero-order chi connectivity index (χ0) is 14.5. The molecule has 2 aromatic carbocycles. The Balaban J connectivity index is 1.79. The van der Waals surface area contributed by atoms with Gasteiger partial charge in [-0.3, -0.25) is 4.98 Å². The number of para-hydroxylation sites is 1. The zero-order valence-electron chi connectivity index (χ0n) is 11.7. The minimum absolute atomic E-state index is 0.0573. The summed E-state index contributed by atoms with van der Waals surface area (Å²) in [4.78, 5) is 4.37. The lowest BCUT2D eigenvalue weighted by molar-refractivity contribution is 0.244. The van der Waals surface area contributed by atoms with Gasteiger partial charge in [-0.05, 0) is 23.3 Å². The van der Waals surface area contributed by atoms with Crippen LogP contribution in [0.2, 0.25) is 0 Å². The maximum absolute atomic E-state index is 9.60. The Labute approximate surface area is 124 Å². The van der Waals surface area contributed by atoms with Crippen LogP contribution in [0, 0.1) is 0 Å². The van der Waals surface area contributed by atoms with E-state index in [1.807, 2.05) is 60.8 Å². The molecule has 3 rings (SSSR count). The van der Waals surface area contributed by atoms with E-state index in [4.69, 9.17) is 0 Å². The van der Waals surface area contributed by atoms with Crippen molar-refractivity contribution in [2.45, 2.75) is 12.6 Å². The first kappa shape index (κ1) is 13.7. The first-order valence-corrected chi connectivity index (χ1v) is 7.10. The number of benzene rings is 2. The van der Waals surface area contributed by atoms with Crippen LogP contribution in [0.3, 0.4) is 0 Å². The number of pyridine rings is 1. The monoisotopic (exact) mass is 278 g/mol. The first-order valence-electron chi connectivity index (χ1n) is 7.10. The van der Waals surface area contributed by atoms with E-state index in [1.54, 1.807) is 0 Å². The van der Waals surface area contributed by atoms with Crippen LogP contribution in [0.15, 0.2) is 66.9 Å². The molecule has 1 unspecified atom stereocenters. The fourth-order valence-corrected chi connectivity index (χ4v) is 2.52. The van der Waals surface area contributed by atoms with E-state index in [-0.39, 0.29) is 12.6 Å². The van der Waals surface area contributed by atoms with Gasteiger partial charge in [-0.25, -0.2) is 0 Å². The van der Waals surface area contributed by atoms with Crippen LogP contribution in [-0.4, -0.2) is 16.7 Å². The van der Waals surface area contributed by atoms with Crippen molar-refractivity contribution in [1.29, 1.82) is 0 Å². The summed E-state index contributed by atoms with van der Waals surface area (Å²) in [5.41, 5.74) is 3.28. The van der Waals surface area contributed by atoms with E-state index < -0.39 is 0 Å². The number of fused-ring (bicyclic) bond motifs is 1. The molecule has 1 heterocycles. The number of nitrogens with one attached hydrogen (secondary N) is 1. The van der Waals surface area contributed by atoms with Crippen LogP contribution in [0.4, 0.5) is 0 Å². The Hall–Kier alpha value is -2.23. The SMILES string of the molecule is OCC(NCc1ccnc2ccccc12)c1ccccc1. The van der Waals surface area contributed by atoms with Gasteiger partial charge in [-0.1, -0.05) is 48.5 Å². The zero-order valence-corrected chi connectivity index (χ0v) is 11.7. The van der Waals surface area contributed by atoms with Crippen LogP contribution in [-0.2, 0) is 6.54 Å². The van der Waals surface area contributed by atoms with Crippen molar-refractivity contribution in [2.75, 3.05) is 6.61 Å². The van der Waals surface area contributed by atoms with Gasteiger partial charge in [-0.2, -0.15) is 0 Å². The first-order chi connectivity index (χ1) is 10.4. The molecule has 0 spiro atoms. The molecule has 2 N–H and O–H groups in total. The summed E-state index contributed by atoms with van der Waals surface area (Å²) in [6.07, 6.45) is 1.83. The van der Waals surface area contributed by atoms with Crippen LogP contribution >= 0.6 is 0 Å². The molecule has 1 aromatic heterocycles. The molecule has 0 saturated carbocycles. The second-order valence-electron chi connectivity index (χ2n) is 5.01. The fourth-order valence-electron chi connectivity index (χ4n) is 2.52. The molecule has 3 heteroatoms. The lowest BCUT2D eigenvalue weighted by Gasteiger charge is -2.17. The van der Waals surface area contributed by atoms with Crippen molar-refractivity contribution in [3.63, 3.8) is 0 Å². The highest BCUT2D eigenvalue weighted by molar-refractivity contribution is 5.81. The van der Waals surface area contributed by atoms with Crippen molar-refractivity contribution in [1.82, 2.24) is 10.3 Å². The molecule has 106 valence electrons. The molecule has 0 aliphatic heterocycles. The fraction of sp³-hybridized carbons (Fsp3) is 0.167. The Morgan fingerprint density at radius 3 is 2.52 bits per heavy atom. The molecular formula is C18H18N2O. The van der Waals surface area contributed by atoms with Gasteiger partial charge in [0.05, 0.1) is 18.2 Å². The van der Waals surface area contributed by atoms with Crippen LogP contribution in [0.5, 0.6) is 0 Å². The van der Waals surface area contributed by atoms with Crippen LogP contribution in [0.25, 0.3) is 10.9 Å². The second-order valence-corrected chi connectivity index (χ2v) is 5.01. The lowest BCUT2D eigenvalue weighted by Crippen LogP contribution is -2.24. The molecule has 3 nitrogen and oxygen atoms in total. The van der Waals surface area contributed by atoms with E-state index in [9.17, 15) is 5.11 Å². The minimum Gasteiger partial charge on any atom is -0.394 e. The van der Waals surface area contributed by atoms with Gasteiger partial charge in [0.25, 0.3) is 0 Å². The Kier molecular flexibility index (Phi) is 4.24. The number of hydrogen-bond acceptors (Lipinski definition) is 3. The molecule has 0 aliphatic carbocycles. The van der Waals surface area contributed by atoms with E-state index in [2.05, 4.69) is 16.4 Å². The molecule has 3 aromatic rings. The lowest BCUT2D eigenvalue weighted by atomic mass is 10.1. The summed E-state index contributed by atoms with van der Waals surface area (Å²) in [6.45, 7) is 0.774. The summed E-state index contributed by atoms with van der Waals surface area (Å²) < 4.78 is 0. The molecular weight excluding hydrogens is 260 g/mol. The van der Waals surface area contributed by atoms with E-state index in [0.717, 1.165) is 16.5 Å². The summed E-state index contributed by atoms with van der Waals surface area (Å²) in [6, 6.07) is 20.1. The third kappa shape index (κ3) is 3.10. The van der Waals surface area contributed by atoms with Gasteiger partial charge in [0.15, 0.2) is 0 Å². The van der Waals surface area contributed by atoms with Gasteiger partial charge in [0.2, 0.25) is 0 Å². The van der Waals surface area contributed by atoms with Crippen LogP contribution < -0.4 is 5.32 Å². The number of aromatic nitrogens is 1. The quantitative estimate of drug-likeness (QED) is 0.754. The highest BCUT2D eigenvalue weighted by atomic mass is 16.3. The second kappa shape index (κ2) is 6.48. The maximum atomic E-state index is 9.60. The third-order valence-corrected chi connectivity index (χ3v) is 3.66. The molecule has 1 atom stereocenters. The molecule has 0 radical (unpaired) electrons. The van der Waals surface area contributed by atoms with Crippen LogP contribution in [0.1, 0.15) is 17.2 Å². The topological polar surface area (TPSA) is 45.1 Å². The predicted octanol–water partition coefficient (Wildman–Crippen LogP) is 3.06. The van der Waals surface area contributed by atoms with Crippen molar-refractivity contribution in [2.24, 2.45) is 0 Å². The highest BCUT2D eigenvalue weighted by Gasteiger charge is 2.10. The van der Waals surface area contributed by atoms with E-state index in [1.165, 1.54) is 5.56 Å². The summed E-state index contributed by atoms with van der Waals surface area (Å²) in [7, 11) is 0. The molecule has 0 aliphatic rings. The third-order valence-electron chi connectivity index (χ3n) is 3.66. The number of aliphatic hydroxyl groups excluding tert-OH is 1. The number of hydrogen-bond donors (Lipinski definition) is 2. The number of aliphatic hydroxyl groups is 1. The van der Waals surface area contributed by atoms with E-state index in [0.29, 0.717) is 6.54 Å².